The van der Waals surface area contributed by atoms with Crippen LogP contribution in [0.5, 0.6) is 5.75 Å². The summed E-state index contributed by atoms with van der Waals surface area (Å²) in [7, 11) is 0. The fourth-order valence-corrected chi connectivity index (χ4v) is 2.20. The van der Waals surface area contributed by atoms with Gasteiger partial charge in [-0.05, 0) is 49.4 Å². The van der Waals surface area contributed by atoms with Crippen molar-refractivity contribution in [1.82, 2.24) is 5.43 Å². The summed E-state index contributed by atoms with van der Waals surface area (Å²) >= 11 is 11.6. The van der Waals surface area contributed by atoms with Crippen molar-refractivity contribution in [2.45, 2.75) is 13.3 Å². The van der Waals surface area contributed by atoms with Gasteiger partial charge in [0.2, 0.25) is 5.91 Å². The number of anilines is 1. The highest BCUT2D eigenvalue weighted by Crippen LogP contribution is 2.21. The van der Waals surface area contributed by atoms with E-state index in [1.807, 2.05) is 0 Å². The van der Waals surface area contributed by atoms with Crippen LogP contribution in [0.4, 0.5) is 5.69 Å². The molecule has 0 saturated heterocycles. The van der Waals surface area contributed by atoms with Gasteiger partial charge in [0.1, 0.15) is 5.75 Å². The van der Waals surface area contributed by atoms with Crippen molar-refractivity contribution in [2.75, 3.05) is 5.32 Å². The van der Waals surface area contributed by atoms with E-state index in [2.05, 4.69) is 15.8 Å². The molecule has 0 fully saturated rings. The van der Waals surface area contributed by atoms with Crippen LogP contribution in [0.1, 0.15) is 23.7 Å². The fraction of sp³-hybridized carbons (Fsp3) is 0.118. The zero-order valence-electron chi connectivity index (χ0n) is 13.2. The summed E-state index contributed by atoms with van der Waals surface area (Å²) in [5.74, 6) is -1.13. The Kier molecular flexibility index (Phi) is 6.38. The second-order valence-corrected chi connectivity index (χ2v) is 6.05. The van der Waals surface area contributed by atoms with Crippen molar-refractivity contribution >= 4 is 46.4 Å². The van der Waals surface area contributed by atoms with E-state index >= 15 is 0 Å². The maximum Gasteiger partial charge on any atom is 0.275 e. The van der Waals surface area contributed by atoms with Gasteiger partial charge in [0.15, 0.2) is 0 Å². The minimum atomic E-state index is -0.627. The number of hydrogen-bond acceptors (Lipinski definition) is 4. The summed E-state index contributed by atoms with van der Waals surface area (Å²) in [4.78, 5) is 23.9. The van der Waals surface area contributed by atoms with Gasteiger partial charge in [-0.3, -0.25) is 9.59 Å². The van der Waals surface area contributed by atoms with Crippen molar-refractivity contribution in [3.63, 3.8) is 0 Å². The number of carbonyl (C=O) groups is 2. The molecule has 0 atom stereocenters. The Bertz CT molecular complexity index is 820. The minimum Gasteiger partial charge on any atom is -0.507 e. The largest absolute Gasteiger partial charge is 0.507 e. The lowest BCUT2D eigenvalue weighted by molar-refractivity contribution is -0.115. The number of nitrogens with zero attached hydrogens (tertiary/aromatic N) is 1. The standard InChI is InChI=1S/C17H15Cl2N3O3/c1-10(8-16(24)20-13-5-2-11(18)3-6-13)21-22-17(25)14-9-12(19)4-7-15(14)23/h2-7,9,23H,8H2,1H3,(H,20,24)(H,22,25)/b21-10+. The lowest BCUT2D eigenvalue weighted by Crippen LogP contribution is -2.21. The molecule has 0 heterocycles. The molecule has 0 aromatic heterocycles. The lowest BCUT2D eigenvalue weighted by Gasteiger charge is -2.06. The van der Waals surface area contributed by atoms with Gasteiger partial charge in [-0.25, -0.2) is 5.43 Å². The van der Waals surface area contributed by atoms with E-state index in [1.54, 1.807) is 31.2 Å². The molecular formula is C17H15Cl2N3O3. The fourth-order valence-electron chi connectivity index (χ4n) is 1.91. The van der Waals surface area contributed by atoms with Gasteiger partial charge in [0.05, 0.1) is 12.0 Å². The molecule has 0 radical (unpaired) electrons. The third-order valence-corrected chi connectivity index (χ3v) is 3.58. The molecule has 130 valence electrons. The predicted octanol–water partition coefficient (Wildman–Crippen LogP) is 3.83. The third kappa shape index (κ3) is 5.77. The molecule has 3 N–H and O–H groups in total. The van der Waals surface area contributed by atoms with Crippen molar-refractivity contribution < 1.29 is 14.7 Å². The minimum absolute atomic E-state index is 0.00494. The number of nitrogens with one attached hydrogen (secondary N) is 2. The summed E-state index contributed by atoms with van der Waals surface area (Å²) in [5, 5.41) is 17.1. The average Bonchev–Trinajstić information content (AvgIpc) is 2.57. The predicted molar refractivity (Wildman–Crippen MR) is 98.4 cm³/mol. The summed E-state index contributed by atoms with van der Waals surface area (Å²) in [6.07, 6.45) is -0.00949. The van der Waals surface area contributed by atoms with Gasteiger partial charge in [-0.15, -0.1) is 0 Å². The first-order valence-electron chi connectivity index (χ1n) is 7.22. The molecule has 25 heavy (non-hydrogen) atoms. The topological polar surface area (TPSA) is 90.8 Å². The van der Waals surface area contributed by atoms with Crippen molar-refractivity contribution in [2.24, 2.45) is 5.10 Å². The number of amides is 2. The Labute approximate surface area is 154 Å². The van der Waals surface area contributed by atoms with Gasteiger partial charge in [0.25, 0.3) is 5.91 Å². The number of carbonyl (C=O) groups excluding carboxylic acids is 2. The Morgan fingerprint density at radius 3 is 2.40 bits per heavy atom. The summed E-state index contributed by atoms with van der Waals surface area (Å²) in [5.41, 5.74) is 3.27. The van der Waals surface area contributed by atoms with Crippen LogP contribution < -0.4 is 10.7 Å². The van der Waals surface area contributed by atoms with Crippen LogP contribution in [0.2, 0.25) is 10.0 Å². The quantitative estimate of drug-likeness (QED) is 0.544. The number of halogens is 2. The normalized spacial score (nSPS) is 11.1. The highest BCUT2D eigenvalue weighted by atomic mass is 35.5. The van der Waals surface area contributed by atoms with E-state index in [1.165, 1.54) is 18.2 Å². The molecule has 0 aliphatic rings. The average molecular weight is 380 g/mol. The van der Waals surface area contributed by atoms with E-state index in [4.69, 9.17) is 23.2 Å². The van der Waals surface area contributed by atoms with Gasteiger partial charge in [-0.1, -0.05) is 23.2 Å². The van der Waals surface area contributed by atoms with Crippen LogP contribution >= 0.6 is 23.2 Å². The van der Waals surface area contributed by atoms with E-state index in [0.29, 0.717) is 21.4 Å². The Morgan fingerprint density at radius 1 is 1.08 bits per heavy atom. The Morgan fingerprint density at radius 2 is 1.72 bits per heavy atom. The van der Waals surface area contributed by atoms with Gasteiger partial charge in [-0.2, -0.15) is 5.10 Å². The zero-order valence-corrected chi connectivity index (χ0v) is 14.7. The molecule has 2 rings (SSSR count). The first-order chi connectivity index (χ1) is 11.8. The van der Waals surface area contributed by atoms with Crippen LogP contribution in [0.15, 0.2) is 47.6 Å². The van der Waals surface area contributed by atoms with E-state index in [-0.39, 0.29) is 23.6 Å². The first kappa shape index (κ1) is 18.8. The molecule has 2 amide bonds. The van der Waals surface area contributed by atoms with Crippen molar-refractivity contribution in [3.8, 4) is 5.75 Å². The second-order valence-electron chi connectivity index (χ2n) is 5.18. The molecule has 0 spiro atoms. The third-order valence-electron chi connectivity index (χ3n) is 3.10. The van der Waals surface area contributed by atoms with E-state index in [9.17, 15) is 14.7 Å². The number of hydrazone groups is 1. The van der Waals surface area contributed by atoms with Gasteiger partial charge >= 0.3 is 0 Å². The summed E-state index contributed by atoms with van der Waals surface area (Å²) in [6, 6.07) is 10.8. The van der Waals surface area contributed by atoms with E-state index < -0.39 is 5.91 Å². The molecule has 0 saturated carbocycles. The maximum absolute atomic E-state index is 12.0. The number of benzene rings is 2. The highest BCUT2D eigenvalue weighted by molar-refractivity contribution is 6.31. The smallest absolute Gasteiger partial charge is 0.275 e. The molecule has 0 bridgehead atoms. The molecule has 0 aliphatic heterocycles. The van der Waals surface area contributed by atoms with Crippen LogP contribution in [-0.4, -0.2) is 22.6 Å². The zero-order chi connectivity index (χ0) is 18.4. The molecule has 2 aromatic rings. The molecular weight excluding hydrogens is 365 g/mol. The number of phenolic OH excluding ortho intramolecular Hbond substituents is 1. The van der Waals surface area contributed by atoms with Gasteiger partial charge in [0, 0.05) is 21.4 Å². The van der Waals surface area contributed by atoms with Crippen LogP contribution in [0.3, 0.4) is 0 Å². The number of hydrogen-bond donors (Lipinski definition) is 3. The summed E-state index contributed by atoms with van der Waals surface area (Å²) < 4.78 is 0. The molecule has 8 heteroatoms. The van der Waals surface area contributed by atoms with Crippen molar-refractivity contribution in [3.05, 3.63) is 58.1 Å². The SMILES string of the molecule is C/C(CC(=O)Nc1ccc(Cl)cc1)=N\NC(=O)c1cc(Cl)ccc1O. The number of phenols is 1. The van der Waals surface area contributed by atoms with Crippen LogP contribution in [0.25, 0.3) is 0 Å². The van der Waals surface area contributed by atoms with E-state index in [0.717, 1.165) is 0 Å². The monoisotopic (exact) mass is 379 g/mol. The molecule has 2 aromatic carbocycles. The lowest BCUT2D eigenvalue weighted by atomic mass is 10.2. The Balaban J connectivity index is 1.92. The van der Waals surface area contributed by atoms with Gasteiger partial charge < -0.3 is 10.4 Å². The highest BCUT2D eigenvalue weighted by Gasteiger charge is 2.11. The first-order valence-corrected chi connectivity index (χ1v) is 7.98. The van der Waals surface area contributed by atoms with Crippen LogP contribution in [0, 0.1) is 0 Å². The van der Waals surface area contributed by atoms with Crippen LogP contribution in [-0.2, 0) is 4.79 Å². The van der Waals surface area contributed by atoms with Crippen molar-refractivity contribution in [1.29, 1.82) is 0 Å². The molecule has 0 unspecified atom stereocenters. The molecule has 6 nitrogen and oxygen atoms in total. The second kappa shape index (κ2) is 8.50. The number of aromatic hydroxyl groups is 1. The maximum atomic E-state index is 12.0. The summed E-state index contributed by atoms with van der Waals surface area (Å²) in [6.45, 7) is 1.60. The number of rotatable bonds is 5. The Hall–Kier alpha value is -2.57. The molecule has 0 aliphatic carbocycles.